The Hall–Kier alpha value is -2.87. The Balaban J connectivity index is 1.42. The molecule has 152 valence electrons. The van der Waals surface area contributed by atoms with Crippen LogP contribution in [0.3, 0.4) is 0 Å². The third-order valence-corrected chi connectivity index (χ3v) is 6.93. The Morgan fingerprint density at radius 3 is 2.83 bits per heavy atom. The molecule has 0 unspecified atom stereocenters. The van der Waals surface area contributed by atoms with Gasteiger partial charge in [-0.2, -0.15) is 0 Å². The molecular formula is C21H22N2O5S. The molecule has 4 rings (SSSR count). The number of hydrogen-bond donors (Lipinski definition) is 2. The van der Waals surface area contributed by atoms with Crippen molar-refractivity contribution in [2.45, 2.75) is 37.0 Å². The van der Waals surface area contributed by atoms with Crippen LogP contribution in [0.15, 0.2) is 41.3 Å². The first-order valence-corrected chi connectivity index (χ1v) is 11.3. The van der Waals surface area contributed by atoms with Crippen LogP contribution < -0.4 is 15.4 Å². The number of carbonyl (C=O) groups excluding carboxylic acids is 2. The van der Waals surface area contributed by atoms with E-state index in [1.165, 1.54) is 23.8 Å². The standard InChI is InChI=1S/C21H22N2O5S/c24-20(22-17-7-3-5-14-4-1-2-6-16(14)17)10-11-29(26,27)15-8-9-18-19(12-15)28-13-21(25)23-18/h3,5,7-9,12H,1-2,4,6,10-11,13H2,(H,22,24)(H,23,25). The van der Waals surface area contributed by atoms with Gasteiger partial charge in [-0.3, -0.25) is 9.59 Å². The number of benzene rings is 2. The highest BCUT2D eigenvalue weighted by atomic mass is 32.2. The number of rotatable bonds is 5. The summed E-state index contributed by atoms with van der Waals surface area (Å²) in [4.78, 5) is 23.8. The summed E-state index contributed by atoms with van der Waals surface area (Å²) in [5.74, 6) is -0.605. The number of carbonyl (C=O) groups is 2. The number of sulfone groups is 1. The van der Waals surface area contributed by atoms with Crippen molar-refractivity contribution in [3.05, 3.63) is 47.5 Å². The predicted molar refractivity (Wildman–Crippen MR) is 109 cm³/mol. The molecule has 8 heteroatoms. The van der Waals surface area contributed by atoms with Crippen LogP contribution in [0.2, 0.25) is 0 Å². The summed E-state index contributed by atoms with van der Waals surface area (Å²) in [5, 5.41) is 5.49. The number of fused-ring (bicyclic) bond motifs is 2. The molecule has 0 bridgehead atoms. The zero-order chi connectivity index (χ0) is 20.4. The number of amides is 2. The molecule has 2 amide bonds. The van der Waals surface area contributed by atoms with Crippen molar-refractivity contribution in [2.75, 3.05) is 23.0 Å². The summed E-state index contributed by atoms with van der Waals surface area (Å²) in [7, 11) is -3.67. The van der Waals surface area contributed by atoms with Crippen LogP contribution in [0, 0.1) is 0 Å². The lowest BCUT2D eigenvalue weighted by Crippen LogP contribution is -2.25. The van der Waals surface area contributed by atoms with E-state index in [4.69, 9.17) is 4.74 Å². The van der Waals surface area contributed by atoms with Gasteiger partial charge in [0.2, 0.25) is 5.91 Å². The zero-order valence-electron chi connectivity index (χ0n) is 15.9. The van der Waals surface area contributed by atoms with E-state index in [0.717, 1.165) is 36.9 Å². The molecule has 0 atom stereocenters. The Labute approximate surface area is 169 Å². The van der Waals surface area contributed by atoms with Gasteiger partial charge >= 0.3 is 0 Å². The fourth-order valence-corrected chi connectivity index (χ4v) is 4.96. The lowest BCUT2D eigenvalue weighted by molar-refractivity contribution is -0.118. The molecule has 29 heavy (non-hydrogen) atoms. The van der Waals surface area contributed by atoms with Gasteiger partial charge in [0.1, 0.15) is 5.75 Å². The molecule has 0 saturated heterocycles. The van der Waals surface area contributed by atoms with E-state index >= 15 is 0 Å². The molecular weight excluding hydrogens is 392 g/mol. The van der Waals surface area contributed by atoms with Crippen LogP contribution in [-0.4, -0.2) is 32.6 Å². The van der Waals surface area contributed by atoms with E-state index in [0.29, 0.717) is 11.4 Å². The molecule has 0 aromatic heterocycles. The highest BCUT2D eigenvalue weighted by Crippen LogP contribution is 2.31. The van der Waals surface area contributed by atoms with E-state index in [-0.39, 0.29) is 35.5 Å². The van der Waals surface area contributed by atoms with Gasteiger partial charge in [-0.25, -0.2) is 8.42 Å². The maximum atomic E-state index is 12.6. The molecule has 0 fully saturated rings. The van der Waals surface area contributed by atoms with Gasteiger partial charge in [0, 0.05) is 18.2 Å². The van der Waals surface area contributed by atoms with Crippen LogP contribution >= 0.6 is 0 Å². The smallest absolute Gasteiger partial charge is 0.262 e. The summed E-state index contributed by atoms with van der Waals surface area (Å²) in [5.41, 5.74) is 3.63. The molecule has 1 aliphatic carbocycles. The van der Waals surface area contributed by atoms with Crippen molar-refractivity contribution < 1.29 is 22.7 Å². The molecule has 7 nitrogen and oxygen atoms in total. The predicted octanol–water partition coefficient (Wildman–Crippen LogP) is 2.70. The molecule has 1 aliphatic heterocycles. The topological polar surface area (TPSA) is 102 Å². The zero-order valence-corrected chi connectivity index (χ0v) is 16.7. The van der Waals surface area contributed by atoms with Gasteiger partial charge in [0.15, 0.2) is 16.4 Å². The maximum Gasteiger partial charge on any atom is 0.262 e. The quantitative estimate of drug-likeness (QED) is 0.783. The summed E-state index contributed by atoms with van der Waals surface area (Å²) >= 11 is 0. The lowest BCUT2D eigenvalue weighted by atomic mass is 9.90. The van der Waals surface area contributed by atoms with Crippen molar-refractivity contribution >= 4 is 33.0 Å². The average molecular weight is 414 g/mol. The van der Waals surface area contributed by atoms with E-state index in [1.54, 1.807) is 0 Å². The van der Waals surface area contributed by atoms with Crippen LogP contribution in [-0.2, 0) is 32.3 Å². The fraction of sp³-hybridized carbons (Fsp3) is 0.333. The Morgan fingerprint density at radius 2 is 1.97 bits per heavy atom. The molecule has 0 radical (unpaired) electrons. The minimum atomic E-state index is -3.67. The van der Waals surface area contributed by atoms with E-state index in [1.807, 2.05) is 12.1 Å². The Bertz CT molecular complexity index is 1080. The van der Waals surface area contributed by atoms with Crippen molar-refractivity contribution in [1.29, 1.82) is 0 Å². The third kappa shape index (κ3) is 4.27. The number of aryl methyl sites for hydroxylation is 1. The molecule has 2 aliphatic rings. The second kappa shape index (κ2) is 7.87. The van der Waals surface area contributed by atoms with Gasteiger partial charge in [-0.1, -0.05) is 12.1 Å². The van der Waals surface area contributed by atoms with Crippen molar-refractivity contribution in [2.24, 2.45) is 0 Å². The van der Waals surface area contributed by atoms with Gasteiger partial charge in [0.05, 0.1) is 16.3 Å². The first-order valence-electron chi connectivity index (χ1n) is 9.62. The second-order valence-electron chi connectivity index (χ2n) is 7.26. The minimum absolute atomic E-state index is 0.0669. The molecule has 1 heterocycles. The normalized spacial score (nSPS) is 15.5. The highest BCUT2D eigenvalue weighted by molar-refractivity contribution is 7.91. The maximum absolute atomic E-state index is 12.6. The van der Waals surface area contributed by atoms with Crippen LogP contribution in [0.25, 0.3) is 0 Å². The van der Waals surface area contributed by atoms with Gasteiger partial charge in [0.25, 0.3) is 5.91 Å². The van der Waals surface area contributed by atoms with Crippen LogP contribution in [0.4, 0.5) is 11.4 Å². The number of nitrogens with one attached hydrogen (secondary N) is 2. The van der Waals surface area contributed by atoms with Crippen molar-refractivity contribution in [1.82, 2.24) is 0 Å². The second-order valence-corrected chi connectivity index (χ2v) is 9.37. The fourth-order valence-electron chi connectivity index (χ4n) is 3.70. The number of ether oxygens (including phenoxy) is 1. The highest BCUT2D eigenvalue weighted by Gasteiger charge is 2.22. The van der Waals surface area contributed by atoms with E-state index < -0.39 is 9.84 Å². The third-order valence-electron chi connectivity index (χ3n) is 5.21. The molecule has 0 spiro atoms. The largest absolute Gasteiger partial charge is 0.482 e. The monoisotopic (exact) mass is 414 g/mol. The van der Waals surface area contributed by atoms with Gasteiger partial charge in [-0.05, 0) is 55.0 Å². The first-order chi connectivity index (χ1) is 13.9. The Morgan fingerprint density at radius 1 is 1.14 bits per heavy atom. The Kier molecular flexibility index (Phi) is 5.27. The summed E-state index contributed by atoms with van der Waals surface area (Å²) in [6.45, 7) is -0.152. The van der Waals surface area contributed by atoms with Crippen molar-refractivity contribution in [3.63, 3.8) is 0 Å². The van der Waals surface area contributed by atoms with E-state index in [2.05, 4.69) is 16.7 Å². The first kappa shape index (κ1) is 19.4. The molecule has 2 aromatic carbocycles. The molecule has 2 aromatic rings. The van der Waals surface area contributed by atoms with Crippen LogP contribution in [0.1, 0.15) is 30.4 Å². The van der Waals surface area contributed by atoms with Gasteiger partial charge in [-0.15, -0.1) is 0 Å². The summed E-state index contributed by atoms with van der Waals surface area (Å²) in [6, 6.07) is 10.2. The van der Waals surface area contributed by atoms with Crippen molar-refractivity contribution in [3.8, 4) is 5.75 Å². The summed E-state index contributed by atoms with van der Waals surface area (Å²) < 4.78 is 30.6. The van der Waals surface area contributed by atoms with Gasteiger partial charge < -0.3 is 15.4 Å². The van der Waals surface area contributed by atoms with E-state index in [9.17, 15) is 18.0 Å². The van der Waals surface area contributed by atoms with Crippen LogP contribution in [0.5, 0.6) is 5.75 Å². The summed E-state index contributed by atoms with van der Waals surface area (Å²) in [6.07, 6.45) is 4.04. The lowest BCUT2D eigenvalue weighted by Gasteiger charge is -2.19. The SMILES string of the molecule is O=C1COc2cc(S(=O)(=O)CCC(=O)Nc3cccc4c3CCCC4)ccc2N1. The minimum Gasteiger partial charge on any atom is -0.482 e. The number of hydrogen-bond acceptors (Lipinski definition) is 5. The average Bonchev–Trinajstić information content (AvgIpc) is 2.72. The number of anilines is 2. The molecule has 2 N–H and O–H groups in total. The molecule has 0 saturated carbocycles.